The number of fused-ring (bicyclic) bond motifs is 1. The maximum absolute atomic E-state index is 12.2. The molecule has 2 heterocycles. The number of hydrogen-bond donors (Lipinski definition) is 2. The lowest BCUT2D eigenvalue weighted by atomic mass is 10.1. The number of hydrogen-bond acceptors (Lipinski definition) is 6. The maximum atomic E-state index is 12.2. The highest BCUT2D eigenvalue weighted by molar-refractivity contribution is 5.91. The van der Waals surface area contributed by atoms with Crippen LogP contribution >= 0.6 is 0 Å². The van der Waals surface area contributed by atoms with Crippen LogP contribution in [-0.2, 0) is 4.74 Å². The van der Waals surface area contributed by atoms with Crippen molar-refractivity contribution in [2.75, 3.05) is 11.9 Å². The van der Waals surface area contributed by atoms with Gasteiger partial charge in [0.05, 0.1) is 18.5 Å². The molecule has 3 rings (SSSR count). The predicted molar refractivity (Wildman–Crippen MR) is 88.0 cm³/mol. The third-order valence-corrected chi connectivity index (χ3v) is 3.26. The molecule has 0 aliphatic heterocycles. The average molecular weight is 326 g/mol. The van der Waals surface area contributed by atoms with Gasteiger partial charge in [0.25, 0.3) is 0 Å². The first kappa shape index (κ1) is 15.5. The van der Waals surface area contributed by atoms with Crippen LogP contribution in [0.15, 0.2) is 51.8 Å². The van der Waals surface area contributed by atoms with Gasteiger partial charge in [-0.1, -0.05) is 12.1 Å². The number of amides is 1. The molecule has 1 aromatic carbocycles. The van der Waals surface area contributed by atoms with Crippen LogP contribution in [0.2, 0.25) is 0 Å². The van der Waals surface area contributed by atoms with Gasteiger partial charge in [0, 0.05) is 17.7 Å². The summed E-state index contributed by atoms with van der Waals surface area (Å²) >= 11 is 0. The third-order valence-electron chi connectivity index (χ3n) is 3.26. The number of para-hydroxylation sites is 1. The molecule has 0 aliphatic carbocycles. The molecule has 0 saturated carbocycles. The summed E-state index contributed by atoms with van der Waals surface area (Å²) in [5.74, 6) is 0.132. The van der Waals surface area contributed by atoms with Crippen molar-refractivity contribution >= 4 is 22.9 Å². The summed E-state index contributed by atoms with van der Waals surface area (Å²) in [7, 11) is 0. The van der Waals surface area contributed by atoms with E-state index in [1.54, 1.807) is 31.2 Å². The number of pyridine rings is 1. The smallest absolute Gasteiger partial charge is 0.411 e. The van der Waals surface area contributed by atoms with Crippen molar-refractivity contribution < 1.29 is 19.1 Å². The third kappa shape index (κ3) is 3.05. The van der Waals surface area contributed by atoms with E-state index in [1.165, 1.54) is 18.3 Å². The average Bonchev–Trinajstić information content (AvgIpc) is 2.55. The van der Waals surface area contributed by atoms with Gasteiger partial charge in [0.1, 0.15) is 11.5 Å². The summed E-state index contributed by atoms with van der Waals surface area (Å²) in [6.45, 7) is 1.94. The van der Waals surface area contributed by atoms with Gasteiger partial charge < -0.3 is 14.3 Å². The second kappa shape index (κ2) is 6.41. The monoisotopic (exact) mass is 326 g/mol. The fourth-order valence-corrected chi connectivity index (χ4v) is 2.25. The molecule has 0 unspecified atom stereocenters. The quantitative estimate of drug-likeness (QED) is 0.766. The standard InChI is InChI=1S/C17H14N2O5/c1-2-23-17(22)19-12-6-4-3-5-11(12)14-8-13(21)16-15(24-14)7-10(20)9-18-16/h3-9,20H,2H2,1H3,(H,19,22). The number of nitrogens with zero attached hydrogens (tertiary/aromatic N) is 1. The van der Waals surface area contributed by atoms with E-state index < -0.39 is 6.09 Å². The van der Waals surface area contributed by atoms with Crippen LogP contribution in [0, 0.1) is 0 Å². The molecule has 0 saturated heterocycles. The summed E-state index contributed by atoms with van der Waals surface area (Å²) < 4.78 is 10.5. The molecular formula is C17H14N2O5. The number of benzene rings is 1. The zero-order valence-electron chi connectivity index (χ0n) is 12.8. The van der Waals surface area contributed by atoms with Crippen LogP contribution in [0.4, 0.5) is 10.5 Å². The van der Waals surface area contributed by atoms with E-state index in [0.29, 0.717) is 11.3 Å². The fraction of sp³-hybridized carbons (Fsp3) is 0.118. The molecule has 24 heavy (non-hydrogen) atoms. The van der Waals surface area contributed by atoms with Gasteiger partial charge in [0.2, 0.25) is 5.43 Å². The molecule has 1 amide bonds. The van der Waals surface area contributed by atoms with Gasteiger partial charge >= 0.3 is 6.09 Å². The minimum absolute atomic E-state index is 0.110. The zero-order chi connectivity index (χ0) is 17.1. The second-order valence-electron chi connectivity index (χ2n) is 4.91. The molecule has 0 spiro atoms. The summed E-state index contributed by atoms with van der Waals surface area (Å²) in [4.78, 5) is 27.7. The molecule has 0 atom stereocenters. The predicted octanol–water partition coefficient (Wildman–Crippen LogP) is 3.13. The lowest BCUT2D eigenvalue weighted by molar-refractivity contribution is 0.168. The number of ether oxygens (including phenoxy) is 1. The first-order valence-corrected chi connectivity index (χ1v) is 7.24. The number of nitrogens with one attached hydrogen (secondary N) is 1. The molecule has 7 heteroatoms. The second-order valence-corrected chi connectivity index (χ2v) is 4.91. The van der Waals surface area contributed by atoms with E-state index in [0.717, 1.165) is 0 Å². The maximum Gasteiger partial charge on any atom is 0.411 e. The Bertz CT molecular complexity index is 965. The van der Waals surface area contributed by atoms with Gasteiger partial charge in [-0.3, -0.25) is 10.1 Å². The highest BCUT2D eigenvalue weighted by Crippen LogP contribution is 2.29. The van der Waals surface area contributed by atoms with Crippen LogP contribution in [0.1, 0.15) is 6.92 Å². The molecule has 0 bridgehead atoms. The molecule has 0 fully saturated rings. The first-order chi connectivity index (χ1) is 11.6. The van der Waals surface area contributed by atoms with Gasteiger partial charge in [-0.25, -0.2) is 9.78 Å². The molecule has 2 N–H and O–H groups in total. The minimum Gasteiger partial charge on any atom is -0.506 e. The lowest BCUT2D eigenvalue weighted by Gasteiger charge is -2.10. The molecule has 7 nitrogen and oxygen atoms in total. The summed E-state index contributed by atoms with van der Waals surface area (Å²) in [6.07, 6.45) is 0.572. The Hall–Kier alpha value is -3.35. The van der Waals surface area contributed by atoms with Gasteiger partial charge in [-0.15, -0.1) is 0 Å². The van der Waals surface area contributed by atoms with Gasteiger partial charge in [-0.2, -0.15) is 0 Å². The van der Waals surface area contributed by atoms with Crippen molar-refractivity contribution in [3.05, 3.63) is 52.8 Å². The fourth-order valence-electron chi connectivity index (χ4n) is 2.25. The Labute approximate surface area is 136 Å². The van der Waals surface area contributed by atoms with E-state index in [9.17, 15) is 14.7 Å². The lowest BCUT2D eigenvalue weighted by Crippen LogP contribution is -2.14. The summed E-state index contributed by atoms with van der Waals surface area (Å²) in [6, 6.07) is 9.44. The van der Waals surface area contributed by atoms with Crippen molar-refractivity contribution in [3.8, 4) is 17.1 Å². The number of aromatic nitrogens is 1. The molecular weight excluding hydrogens is 312 g/mol. The van der Waals surface area contributed by atoms with E-state index in [-0.39, 0.29) is 34.6 Å². The summed E-state index contributed by atoms with van der Waals surface area (Å²) in [5, 5.41) is 12.1. The highest BCUT2D eigenvalue weighted by Gasteiger charge is 2.13. The van der Waals surface area contributed by atoms with Crippen molar-refractivity contribution in [2.24, 2.45) is 0 Å². The molecule has 0 radical (unpaired) electrons. The zero-order valence-corrected chi connectivity index (χ0v) is 12.8. The van der Waals surface area contributed by atoms with E-state index in [1.807, 2.05) is 0 Å². The van der Waals surface area contributed by atoms with Crippen LogP contribution in [0.25, 0.3) is 22.4 Å². The number of carbonyl (C=O) groups excluding carboxylic acids is 1. The molecule has 3 aromatic rings. The minimum atomic E-state index is -0.604. The molecule has 122 valence electrons. The Kier molecular flexibility index (Phi) is 4.15. The van der Waals surface area contributed by atoms with Crippen molar-refractivity contribution in [2.45, 2.75) is 6.92 Å². The number of anilines is 1. The SMILES string of the molecule is CCOC(=O)Nc1ccccc1-c1cc(=O)c2ncc(O)cc2o1. The Balaban J connectivity index is 2.11. The largest absolute Gasteiger partial charge is 0.506 e. The Morgan fingerprint density at radius 2 is 2.12 bits per heavy atom. The highest BCUT2D eigenvalue weighted by atomic mass is 16.5. The van der Waals surface area contributed by atoms with E-state index in [2.05, 4.69) is 10.3 Å². The van der Waals surface area contributed by atoms with E-state index in [4.69, 9.17) is 9.15 Å². The Morgan fingerprint density at radius 1 is 1.33 bits per heavy atom. The van der Waals surface area contributed by atoms with Crippen LogP contribution in [-0.4, -0.2) is 22.8 Å². The molecule has 0 aliphatic rings. The van der Waals surface area contributed by atoms with Crippen molar-refractivity contribution in [1.29, 1.82) is 0 Å². The number of rotatable bonds is 3. The van der Waals surface area contributed by atoms with Crippen LogP contribution in [0.3, 0.4) is 0 Å². The van der Waals surface area contributed by atoms with E-state index >= 15 is 0 Å². The topological polar surface area (TPSA) is 102 Å². The van der Waals surface area contributed by atoms with Gasteiger partial charge in [0.15, 0.2) is 11.1 Å². The molecule has 2 aromatic heterocycles. The van der Waals surface area contributed by atoms with Gasteiger partial charge in [-0.05, 0) is 19.1 Å². The Morgan fingerprint density at radius 3 is 2.92 bits per heavy atom. The number of aromatic hydroxyl groups is 1. The van der Waals surface area contributed by atoms with Crippen molar-refractivity contribution in [1.82, 2.24) is 4.98 Å². The van der Waals surface area contributed by atoms with Crippen LogP contribution < -0.4 is 10.7 Å². The summed E-state index contributed by atoms with van der Waals surface area (Å²) in [5.41, 5.74) is 0.868. The number of carbonyl (C=O) groups is 1. The van der Waals surface area contributed by atoms with Crippen molar-refractivity contribution in [3.63, 3.8) is 0 Å². The van der Waals surface area contributed by atoms with Crippen LogP contribution in [0.5, 0.6) is 5.75 Å². The normalized spacial score (nSPS) is 10.5. The first-order valence-electron chi connectivity index (χ1n) is 7.24.